The lowest BCUT2D eigenvalue weighted by Gasteiger charge is -2.15. The lowest BCUT2D eigenvalue weighted by molar-refractivity contribution is 0.0924. The third kappa shape index (κ3) is 3.97. The van der Waals surface area contributed by atoms with Crippen LogP contribution < -0.4 is 5.32 Å². The molecule has 29 heavy (non-hydrogen) atoms. The number of fused-ring (bicyclic) bond motifs is 1. The molecule has 1 aliphatic heterocycles. The minimum atomic E-state index is -3.43. The normalized spacial score (nSPS) is 15.1. The van der Waals surface area contributed by atoms with Crippen molar-refractivity contribution in [3.63, 3.8) is 0 Å². The van der Waals surface area contributed by atoms with Crippen LogP contribution in [0.5, 0.6) is 0 Å². The Bertz CT molecular complexity index is 1160. The summed E-state index contributed by atoms with van der Waals surface area (Å²) >= 11 is 3.43. The Hall–Kier alpha value is -2.16. The maximum absolute atomic E-state index is 12.6. The second-order valence-corrected chi connectivity index (χ2v) is 9.99. The van der Waals surface area contributed by atoms with Crippen LogP contribution in [0.3, 0.4) is 0 Å². The number of hydrogen-bond donors (Lipinski definition) is 1. The molecule has 0 saturated carbocycles. The van der Waals surface area contributed by atoms with Gasteiger partial charge >= 0.3 is 0 Å². The zero-order valence-corrected chi connectivity index (χ0v) is 18.3. The molecule has 4 rings (SSSR count). The first-order valence-corrected chi connectivity index (χ1v) is 11.7. The Morgan fingerprint density at radius 3 is 2.52 bits per heavy atom. The maximum atomic E-state index is 12.6. The number of aryl methyl sites for hydroxylation is 1. The molecule has 0 radical (unpaired) electrons. The minimum absolute atomic E-state index is 0.281. The van der Waals surface area contributed by atoms with Crippen molar-refractivity contribution in [2.24, 2.45) is 0 Å². The van der Waals surface area contributed by atoms with Gasteiger partial charge in [0.05, 0.1) is 4.90 Å². The summed E-state index contributed by atoms with van der Waals surface area (Å²) in [5.74, 6) is -0.0186. The summed E-state index contributed by atoms with van der Waals surface area (Å²) in [7, 11) is -3.43. The lowest BCUT2D eigenvalue weighted by atomic mass is 10.1. The van der Waals surface area contributed by atoms with E-state index in [2.05, 4.69) is 21.2 Å². The fourth-order valence-electron chi connectivity index (χ4n) is 3.53. The van der Waals surface area contributed by atoms with Crippen molar-refractivity contribution in [3.05, 3.63) is 63.8 Å². The second-order valence-electron chi connectivity index (χ2n) is 7.13. The predicted molar refractivity (Wildman–Crippen MR) is 114 cm³/mol. The van der Waals surface area contributed by atoms with Crippen LogP contribution in [0.25, 0.3) is 11.0 Å². The van der Waals surface area contributed by atoms with Crippen LogP contribution in [-0.2, 0) is 16.6 Å². The number of sulfonamides is 1. The van der Waals surface area contributed by atoms with Crippen LogP contribution in [0.4, 0.5) is 0 Å². The van der Waals surface area contributed by atoms with Gasteiger partial charge in [0.25, 0.3) is 5.91 Å². The molecule has 0 bridgehead atoms. The maximum Gasteiger partial charge on any atom is 0.287 e. The quantitative estimate of drug-likeness (QED) is 0.597. The van der Waals surface area contributed by atoms with E-state index in [-0.39, 0.29) is 23.1 Å². The van der Waals surface area contributed by atoms with Crippen LogP contribution >= 0.6 is 15.9 Å². The molecular weight excluding hydrogens is 456 g/mol. The highest BCUT2D eigenvalue weighted by Gasteiger charge is 2.27. The molecule has 8 heteroatoms. The number of hydrogen-bond acceptors (Lipinski definition) is 4. The number of rotatable bonds is 5. The molecule has 0 unspecified atom stereocenters. The Morgan fingerprint density at radius 2 is 1.83 bits per heavy atom. The first kappa shape index (κ1) is 20.1. The number of amides is 1. The fraction of sp³-hybridized carbons (Fsp3) is 0.286. The summed E-state index contributed by atoms with van der Waals surface area (Å²) < 4.78 is 33.3. The van der Waals surface area contributed by atoms with Gasteiger partial charge < -0.3 is 9.73 Å². The van der Waals surface area contributed by atoms with E-state index >= 15 is 0 Å². The molecule has 152 valence electrons. The molecule has 0 spiro atoms. The van der Waals surface area contributed by atoms with E-state index in [1.165, 1.54) is 4.31 Å². The molecule has 1 aromatic heterocycles. The number of nitrogens with one attached hydrogen (secondary N) is 1. The summed E-state index contributed by atoms with van der Waals surface area (Å²) in [6.45, 7) is 3.29. The average molecular weight is 477 g/mol. The van der Waals surface area contributed by atoms with Crippen molar-refractivity contribution in [3.8, 4) is 0 Å². The van der Waals surface area contributed by atoms with Crippen molar-refractivity contribution < 1.29 is 17.6 Å². The third-order valence-electron chi connectivity index (χ3n) is 5.18. The van der Waals surface area contributed by atoms with Crippen molar-refractivity contribution in [1.29, 1.82) is 0 Å². The zero-order chi connectivity index (χ0) is 20.6. The standard InChI is InChI=1S/C21H21BrN2O4S/c1-14-18-12-16(22)6-9-19(18)28-20(14)21(25)23-13-15-4-7-17(8-5-15)29(26,27)24-10-2-3-11-24/h4-9,12H,2-3,10-11,13H2,1H3,(H,23,25). The molecule has 0 atom stereocenters. The number of benzene rings is 2. The number of carbonyl (C=O) groups excluding carboxylic acids is 1. The smallest absolute Gasteiger partial charge is 0.287 e. The van der Waals surface area contributed by atoms with Crippen molar-refractivity contribution >= 4 is 42.8 Å². The van der Waals surface area contributed by atoms with Gasteiger partial charge in [-0.15, -0.1) is 0 Å². The van der Waals surface area contributed by atoms with Crippen molar-refractivity contribution in [2.75, 3.05) is 13.1 Å². The molecule has 6 nitrogen and oxygen atoms in total. The largest absolute Gasteiger partial charge is 0.451 e. The van der Waals surface area contributed by atoms with E-state index in [9.17, 15) is 13.2 Å². The number of furan rings is 1. The Labute approximate surface area is 178 Å². The highest BCUT2D eigenvalue weighted by Crippen LogP contribution is 2.28. The van der Waals surface area contributed by atoms with E-state index in [0.29, 0.717) is 18.7 Å². The monoisotopic (exact) mass is 476 g/mol. The molecule has 1 saturated heterocycles. The van der Waals surface area contributed by atoms with Gasteiger partial charge in [-0.05, 0) is 55.7 Å². The molecule has 3 aromatic rings. The van der Waals surface area contributed by atoms with E-state index < -0.39 is 10.0 Å². The highest BCUT2D eigenvalue weighted by molar-refractivity contribution is 9.10. The molecule has 2 aromatic carbocycles. The number of carbonyl (C=O) groups is 1. The van der Waals surface area contributed by atoms with E-state index in [4.69, 9.17) is 4.42 Å². The van der Waals surface area contributed by atoms with Crippen LogP contribution in [-0.4, -0.2) is 31.7 Å². The van der Waals surface area contributed by atoms with Gasteiger partial charge in [0, 0.05) is 35.1 Å². The summed E-state index contributed by atoms with van der Waals surface area (Å²) in [4.78, 5) is 12.9. The molecule has 1 amide bonds. The number of halogens is 1. The van der Waals surface area contributed by atoms with Crippen LogP contribution in [0.2, 0.25) is 0 Å². The molecule has 2 heterocycles. The van der Waals surface area contributed by atoms with Gasteiger partial charge in [-0.1, -0.05) is 28.1 Å². The van der Waals surface area contributed by atoms with E-state index in [0.717, 1.165) is 33.8 Å². The average Bonchev–Trinajstić information content (AvgIpc) is 3.36. The molecular formula is C21H21BrN2O4S. The van der Waals surface area contributed by atoms with Crippen LogP contribution in [0.15, 0.2) is 56.2 Å². The molecule has 1 N–H and O–H groups in total. The molecule has 1 aliphatic rings. The van der Waals surface area contributed by atoms with Crippen molar-refractivity contribution in [2.45, 2.75) is 31.2 Å². The summed E-state index contributed by atoms with van der Waals surface area (Å²) in [6.07, 6.45) is 1.81. The van der Waals surface area contributed by atoms with Gasteiger partial charge in [0.1, 0.15) is 5.58 Å². The topological polar surface area (TPSA) is 79.6 Å². The summed E-state index contributed by atoms with van der Waals surface area (Å²) in [5, 5.41) is 3.73. The van der Waals surface area contributed by atoms with Gasteiger partial charge in [0.2, 0.25) is 10.0 Å². The second kappa shape index (κ2) is 7.93. The highest BCUT2D eigenvalue weighted by atomic mass is 79.9. The third-order valence-corrected chi connectivity index (χ3v) is 7.59. The SMILES string of the molecule is Cc1c(C(=O)NCc2ccc(S(=O)(=O)N3CCCC3)cc2)oc2ccc(Br)cc12. The number of nitrogens with zero attached hydrogens (tertiary/aromatic N) is 1. The minimum Gasteiger partial charge on any atom is -0.451 e. The van der Waals surface area contributed by atoms with E-state index in [1.807, 2.05) is 25.1 Å². The molecule has 0 aliphatic carbocycles. The summed E-state index contributed by atoms with van der Waals surface area (Å²) in [6, 6.07) is 12.3. The van der Waals surface area contributed by atoms with Gasteiger partial charge in [-0.2, -0.15) is 4.31 Å². The van der Waals surface area contributed by atoms with Crippen molar-refractivity contribution in [1.82, 2.24) is 9.62 Å². The fourth-order valence-corrected chi connectivity index (χ4v) is 5.41. The van der Waals surface area contributed by atoms with Crippen LogP contribution in [0, 0.1) is 6.92 Å². The van der Waals surface area contributed by atoms with Crippen LogP contribution in [0.1, 0.15) is 34.5 Å². The van der Waals surface area contributed by atoms with Gasteiger partial charge in [-0.3, -0.25) is 4.79 Å². The van der Waals surface area contributed by atoms with E-state index in [1.54, 1.807) is 24.3 Å². The summed E-state index contributed by atoms with van der Waals surface area (Å²) in [5.41, 5.74) is 2.26. The Balaban J connectivity index is 1.45. The van der Waals surface area contributed by atoms with Gasteiger partial charge in [0.15, 0.2) is 5.76 Å². The zero-order valence-electron chi connectivity index (χ0n) is 15.9. The Morgan fingerprint density at radius 1 is 1.14 bits per heavy atom. The van der Waals surface area contributed by atoms with Gasteiger partial charge in [-0.25, -0.2) is 8.42 Å². The lowest BCUT2D eigenvalue weighted by Crippen LogP contribution is -2.28. The predicted octanol–water partition coefficient (Wildman–Crippen LogP) is 4.22. The Kier molecular flexibility index (Phi) is 5.50. The first-order chi connectivity index (χ1) is 13.9. The molecule has 1 fully saturated rings. The first-order valence-electron chi connectivity index (χ1n) is 9.42.